The third-order valence-corrected chi connectivity index (χ3v) is 7.94. The van der Waals surface area contributed by atoms with Gasteiger partial charge < -0.3 is 4.90 Å². The molecule has 2 fully saturated rings. The van der Waals surface area contributed by atoms with E-state index in [0.717, 1.165) is 31.2 Å². The number of para-hydroxylation sites is 1. The van der Waals surface area contributed by atoms with Crippen LogP contribution in [0.15, 0.2) is 24.3 Å². The first kappa shape index (κ1) is 18.6. The van der Waals surface area contributed by atoms with Crippen molar-refractivity contribution in [3.63, 3.8) is 0 Å². The Kier molecular flexibility index (Phi) is 5.07. The summed E-state index contributed by atoms with van der Waals surface area (Å²) in [4.78, 5) is 26.8. The number of hydrogen-bond acceptors (Lipinski definition) is 5. The van der Waals surface area contributed by atoms with Crippen molar-refractivity contribution in [3.05, 3.63) is 29.8 Å². The van der Waals surface area contributed by atoms with E-state index in [1.807, 2.05) is 12.1 Å². The van der Waals surface area contributed by atoms with E-state index in [0.29, 0.717) is 30.3 Å². The summed E-state index contributed by atoms with van der Waals surface area (Å²) >= 11 is 1.48. The second-order valence-corrected chi connectivity index (χ2v) is 9.82. The number of anilines is 1. The van der Waals surface area contributed by atoms with E-state index in [1.54, 1.807) is 17.0 Å². The second-order valence-electron chi connectivity index (χ2n) is 7.23. The van der Waals surface area contributed by atoms with Gasteiger partial charge in [0.25, 0.3) is 5.91 Å². The molecule has 2 aliphatic heterocycles. The summed E-state index contributed by atoms with van der Waals surface area (Å²) in [5.74, 6) is 0.226. The SMILES string of the molecule is O=C(NS(=O)(=O)N1CCCc2ccccc21)C1CSCN1C(=O)C1CCC1. The number of amides is 2. The molecule has 9 heteroatoms. The summed E-state index contributed by atoms with van der Waals surface area (Å²) in [6, 6.07) is 6.62. The van der Waals surface area contributed by atoms with Gasteiger partial charge in [-0.2, -0.15) is 8.42 Å². The Bertz CT molecular complexity index is 854. The summed E-state index contributed by atoms with van der Waals surface area (Å²) in [6.45, 7) is 0.337. The zero-order valence-corrected chi connectivity index (χ0v) is 16.6. The maximum atomic E-state index is 12.9. The fraction of sp³-hybridized carbons (Fsp3) is 0.556. The molecule has 0 radical (unpaired) electrons. The third-order valence-electron chi connectivity index (χ3n) is 5.51. The van der Waals surface area contributed by atoms with Crippen LogP contribution >= 0.6 is 11.8 Å². The van der Waals surface area contributed by atoms with E-state index >= 15 is 0 Å². The van der Waals surface area contributed by atoms with Crippen molar-refractivity contribution in [1.82, 2.24) is 9.62 Å². The molecule has 2 amide bonds. The Morgan fingerprint density at radius 2 is 1.93 bits per heavy atom. The highest BCUT2D eigenvalue weighted by atomic mass is 32.2. The molecule has 7 nitrogen and oxygen atoms in total. The van der Waals surface area contributed by atoms with Gasteiger partial charge in [0.05, 0.1) is 11.6 Å². The molecule has 1 unspecified atom stereocenters. The predicted octanol–water partition coefficient (Wildman–Crippen LogP) is 1.50. The molecular weight excluding hydrogens is 386 g/mol. The Balaban J connectivity index is 1.49. The maximum absolute atomic E-state index is 12.9. The first-order valence-electron chi connectivity index (χ1n) is 9.28. The van der Waals surface area contributed by atoms with E-state index in [4.69, 9.17) is 0 Å². The fourth-order valence-corrected chi connectivity index (χ4v) is 6.24. The highest BCUT2D eigenvalue weighted by Crippen LogP contribution is 2.33. The molecule has 0 aromatic heterocycles. The Labute approximate surface area is 163 Å². The van der Waals surface area contributed by atoms with E-state index < -0.39 is 22.2 Å². The number of hydrogen-bond donors (Lipinski definition) is 1. The smallest absolute Gasteiger partial charge is 0.320 e. The number of carbonyl (C=O) groups is 2. The van der Waals surface area contributed by atoms with Crippen LogP contribution in [-0.4, -0.2) is 49.3 Å². The highest BCUT2D eigenvalue weighted by molar-refractivity contribution is 7.99. The van der Waals surface area contributed by atoms with E-state index in [9.17, 15) is 18.0 Å². The predicted molar refractivity (Wildman–Crippen MR) is 104 cm³/mol. The van der Waals surface area contributed by atoms with Crippen molar-refractivity contribution in [2.75, 3.05) is 22.5 Å². The van der Waals surface area contributed by atoms with Crippen molar-refractivity contribution in [2.45, 2.75) is 38.1 Å². The lowest BCUT2D eigenvalue weighted by Gasteiger charge is -2.33. The summed E-state index contributed by atoms with van der Waals surface area (Å²) < 4.78 is 29.2. The van der Waals surface area contributed by atoms with Gasteiger partial charge in [-0.3, -0.25) is 13.9 Å². The molecule has 1 N–H and O–H groups in total. The minimum absolute atomic E-state index is 0.00965. The second kappa shape index (κ2) is 7.35. The standard InChI is InChI=1S/C18H23N3O4S2/c22-17(16-11-26-12-20(16)18(23)14-6-3-7-14)19-27(24,25)21-10-4-8-13-5-1-2-9-15(13)21/h1-2,5,9,14,16H,3-4,6-8,10-12H2,(H,19,22). The maximum Gasteiger partial charge on any atom is 0.326 e. The molecule has 0 spiro atoms. The molecule has 1 saturated carbocycles. The molecule has 27 heavy (non-hydrogen) atoms. The number of thioether (sulfide) groups is 1. The highest BCUT2D eigenvalue weighted by Gasteiger charge is 2.41. The first-order valence-corrected chi connectivity index (χ1v) is 11.9. The molecule has 4 rings (SSSR count). The van der Waals surface area contributed by atoms with Crippen molar-refractivity contribution in [1.29, 1.82) is 0 Å². The van der Waals surface area contributed by atoms with Gasteiger partial charge in [0.1, 0.15) is 6.04 Å². The number of nitrogens with one attached hydrogen (secondary N) is 1. The molecule has 1 aromatic rings. The normalized spacial score (nSPS) is 22.9. The molecule has 146 valence electrons. The minimum Gasteiger partial charge on any atom is -0.320 e. The number of fused-ring (bicyclic) bond motifs is 1. The quantitative estimate of drug-likeness (QED) is 0.814. The number of rotatable bonds is 4. The van der Waals surface area contributed by atoms with Gasteiger partial charge in [0.15, 0.2) is 0 Å². The lowest BCUT2D eigenvalue weighted by atomic mass is 9.84. The zero-order chi connectivity index (χ0) is 19.0. The Morgan fingerprint density at radius 3 is 2.67 bits per heavy atom. The van der Waals surface area contributed by atoms with E-state index in [2.05, 4.69) is 4.72 Å². The van der Waals surface area contributed by atoms with Gasteiger partial charge in [-0.25, -0.2) is 4.72 Å². The molecular formula is C18H23N3O4S2. The van der Waals surface area contributed by atoms with Gasteiger partial charge in [-0.15, -0.1) is 11.8 Å². The summed E-state index contributed by atoms with van der Waals surface area (Å²) in [7, 11) is -4.01. The van der Waals surface area contributed by atoms with Crippen LogP contribution in [0.1, 0.15) is 31.2 Å². The summed E-state index contributed by atoms with van der Waals surface area (Å²) in [5.41, 5.74) is 1.58. The summed E-state index contributed by atoms with van der Waals surface area (Å²) in [6.07, 6.45) is 4.28. The first-order chi connectivity index (χ1) is 13.0. The van der Waals surface area contributed by atoms with Crippen molar-refractivity contribution in [3.8, 4) is 0 Å². The van der Waals surface area contributed by atoms with Crippen LogP contribution in [0.4, 0.5) is 5.69 Å². The van der Waals surface area contributed by atoms with Gasteiger partial charge in [0, 0.05) is 18.2 Å². The molecule has 1 saturated heterocycles. The van der Waals surface area contributed by atoms with Crippen molar-refractivity contribution >= 4 is 39.5 Å². The van der Waals surface area contributed by atoms with Crippen LogP contribution in [0.25, 0.3) is 0 Å². The molecule has 1 atom stereocenters. The largest absolute Gasteiger partial charge is 0.326 e. The van der Waals surface area contributed by atoms with Crippen LogP contribution in [-0.2, 0) is 26.2 Å². The monoisotopic (exact) mass is 409 g/mol. The molecule has 3 aliphatic rings. The van der Waals surface area contributed by atoms with Crippen LogP contribution in [0.2, 0.25) is 0 Å². The van der Waals surface area contributed by atoms with Crippen molar-refractivity contribution < 1.29 is 18.0 Å². The zero-order valence-electron chi connectivity index (χ0n) is 15.0. The Morgan fingerprint density at radius 1 is 1.15 bits per heavy atom. The Hall–Kier alpha value is -1.74. The molecule has 1 aromatic carbocycles. The van der Waals surface area contributed by atoms with Gasteiger partial charge in [-0.05, 0) is 37.3 Å². The van der Waals surface area contributed by atoms with E-state index in [-0.39, 0.29) is 11.8 Å². The average Bonchev–Trinajstić information content (AvgIpc) is 3.09. The minimum atomic E-state index is -4.01. The number of aryl methyl sites for hydroxylation is 1. The number of nitrogens with zero attached hydrogens (tertiary/aromatic N) is 2. The third kappa shape index (κ3) is 3.54. The molecule has 0 bridgehead atoms. The van der Waals surface area contributed by atoms with Crippen LogP contribution in [0, 0.1) is 5.92 Å². The van der Waals surface area contributed by atoms with Crippen LogP contribution < -0.4 is 9.03 Å². The lowest BCUT2D eigenvalue weighted by molar-refractivity contribution is -0.142. The van der Waals surface area contributed by atoms with Gasteiger partial charge in [0.2, 0.25) is 5.91 Å². The van der Waals surface area contributed by atoms with E-state index in [1.165, 1.54) is 16.1 Å². The topological polar surface area (TPSA) is 86.8 Å². The van der Waals surface area contributed by atoms with Gasteiger partial charge in [-0.1, -0.05) is 24.6 Å². The molecule has 2 heterocycles. The number of benzene rings is 1. The average molecular weight is 410 g/mol. The van der Waals surface area contributed by atoms with Crippen molar-refractivity contribution in [2.24, 2.45) is 5.92 Å². The fourth-order valence-electron chi connectivity index (χ4n) is 3.77. The number of carbonyl (C=O) groups excluding carboxylic acids is 2. The molecule has 1 aliphatic carbocycles. The van der Waals surface area contributed by atoms with Gasteiger partial charge >= 0.3 is 10.2 Å². The van der Waals surface area contributed by atoms with Crippen LogP contribution in [0.5, 0.6) is 0 Å². The van der Waals surface area contributed by atoms with Crippen LogP contribution in [0.3, 0.4) is 0 Å². The lowest BCUT2D eigenvalue weighted by Crippen LogP contribution is -2.54. The summed E-state index contributed by atoms with van der Waals surface area (Å²) in [5, 5.41) is 0.